The van der Waals surface area contributed by atoms with E-state index in [1.165, 1.54) is 0 Å². The predicted octanol–water partition coefficient (Wildman–Crippen LogP) is 2.05. The summed E-state index contributed by atoms with van der Waals surface area (Å²) in [4.78, 5) is 30.8. The summed E-state index contributed by atoms with van der Waals surface area (Å²) in [5.41, 5.74) is 3.68. The van der Waals surface area contributed by atoms with Gasteiger partial charge in [-0.05, 0) is 50.9 Å². The lowest BCUT2D eigenvalue weighted by molar-refractivity contribution is -0.133. The van der Waals surface area contributed by atoms with Crippen LogP contribution in [-0.4, -0.2) is 47.9 Å². The van der Waals surface area contributed by atoms with Crippen molar-refractivity contribution in [3.05, 3.63) is 45.2 Å². The predicted molar refractivity (Wildman–Crippen MR) is 93.7 cm³/mol. The van der Waals surface area contributed by atoms with Crippen LogP contribution < -0.4 is 5.56 Å². The second-order valence-corrected chi connectivity index (χ2v) is 6.49. The van der Waals surface area contributed by atoms with Crippen molar-refractivity contribution in [2.45, 2.75) is 33.4 Å². The average molecular weight is 315 g/mol. The second-order valence-electron chi connectivity index (χ2n) is 6.49. The molecule has 1 N–H and O–H groups in total. The topological polar surface area (TPSA) is 56.4 Å². The number of carbonyl (C=O) groups is 1. The standard InChI is InChI=1S/C18H25N3O2/c1-11-7-12(2)16-14(8-11)9-15(17(22)19-16)10-21(6)13(3)18(23)20(4)5/h7-9,13H,10H2,1-6H3,(H,19,22)/t13-/m0/s1. The first-order valence-electron chi connectivity index (χ1n) is 7.75. The molecule has 1 aromatic carbocycles. The number of nitrogens with zero attached hydrogens (tertiary/aromatic N) is 2. The van der Waals surface area contributed by atoms with Gasteiger partial charge in [0, 0.05) is 26.2 Å². The third-order valence-corrected chi connectivity index (χ3v) is 4.25. The summed E-state index contributed by atoms with van der Waals surface area (Å²) in [6.07, 6.45) is 0. The van der Waals surface area contributed by atoms with Crippen LogP contribution in [0.2, 0.25) is 0 Å². The van der Waals surface area contributed by atoms with Gasteiger partial charge < -0.3 is 9.88 Å². The van der Waals surface area contributed by atoms with Crippen LogP contribution in [0.4, 0.5) is 0 Å². The molecule has 2 aromatic rings. The Hall–Kier alpha value is -2.14. The van der Waals surface area contributed by atoms with E-state index in [2.05, 4.69) is 17.1 Å². The van der Waals surface area contributed by atoms with E-state index in [0.29, 0.717) is 12.1 Å². The first kappa shape index (κ1) is 17.2. The highest BCUT2D eigenvalue weighted by Crippen LogP contribution is 2.18. The molecule has 5 nitrogen and oxygen atoms in total. The van der Waals surface area contributed by atoms with Gasteiger partial charge in [-0.2, -0.15) is 0 Å². The number of aryl methyl sites for hydroxylation is 2. The molecule has 0 bridgehead atoms. The van der Waals surface area contributed by atoms with Gasteiger partial charge in [0.25, 0.3) is 5.56 Å². The van der Waals surface area contributed by atoms with E-state index >= 15 is 0 Å². The molecule has 0 aliphatic heterocycles. The highest BCUT2D eigenvalue weighted by molar-refractivity contribution is 5.83. The van der Waals surface area contributed by atoms with Gasteiger partial charge in [-0.25, -0.2) is 0 Å². The first-order valence-corrected chi connectivity index (χ1v) is 7.75. The zero-order chi connectivity index (χ0) is 17.3. The third-order valence-electron chi connectivity index (χ3n) is 4.25. The Morgan fingerprint density at radius 2 is 1.83 bits per heavy atom. The molecule has 0 aliphatic carbocycles. The molecule has 1 aromatic heterocycles. The average Bonchev–Trinajstić information content (AvgIpc) is 2.47. The molecular formula is C18H25N3O2. The number of nitrogens with one attached hydrogen (secondary N) is 1. The molecule has 2 rings (SSSR count). The maximum atomic E-state index is 12.4. The Balaban J connectivity index is 2.35. The molecule has 124 valence electrons. The normalized spacial score (nSPS) is 12.7. The quantitative estimate of drug-likeness (QED) is 0.939. The minimum absolute atomic E-state index is 0.0245. The van der Waals surface area contributed by atoms with Crippen LogP contribution in [0.25, 0.3) is 10.9 Å². The number of aromatic nitrogens is 1. The fraction of sp³-hybridized carbons (Fsp3) is 0.444. The van der Waals surface area contributed by atoms with Gasteiger partial charge in [0.15, 0.2) is 0 Å². The number of carbonyl (C=O) groups excluding carboxylic acids is 1. The molecule has 1 atom stereocenters. The number of benzene rings is 1. The third kappa shape index (κ3) is 3.62. The van der Waals surface area contributed by atoms with Crippen molar-refractivity contribution in [1.82, 2.24) is 14.8 Å². The number of likely N-dealkylation sites (N-methyl/N-ethyl adjacent to an activating group) is 2. The summed E-state index contributed by atoms with van der Waals surface area (Å²) in [6, 6.07) is 5.77. The van der Waals surface area contributed by atoms with E-state index < -0.39 is 0 Å². The molecule has 0 aliphatic rings. The van der Waals surface area contributed by atoms with Gasteiger partial charge in [0.1, 0.15) is 0 Å². The monoisotopic (exact) mass is 315 g/mol. The SMILES string of the molecule is Cc1cc(C)c2[nH]c(=O)c(CN(C)[C@@H](C)C(=O)N(C)C)cc2c1. The van der Waals surface area contributed by atoms with Gasteiger partial charge in [-0.1, -0.05) is 11.6 Å². The Morgan fingerprint density at radius 1 is 1.17 bits per heavy atom. The van der Waals surface area contributed by atoms with Crippen molar-refractivity contribution in [2.24, 2.45) is 0 Å². The van der Waals surface area contributed by atoms with Crippen LogP contribution in [0, 0.1) is 13.8 Å². The van der Waals surface area contributed by atoms with Crippen molar-refractivity contribution in [3.8, 4) is 0 Å². The fourth-order valence-electron chi connectivity index (χ4n) is 2.82. The fourth-order valence-corrected chi connectivity index (χ4v) is 2.82. The molecule has 0 fully saturated rings. The molecule has 0 unspecified atom stereocenters. The first-order chi connectivity index (χ1) is 10.7. The lowest BCUT2D eigenvalue weighted by Gasteiger charge is -2.26. The van der Waals surface area contributed by atoms with Crippen molar-refractivity contribution in [1.29, 1.82) is 0 Å². The van der Waals surface area contributed by atoms with Gasteiger partial charge in [0.2, 0.25) is 5.91 Å². The van der Waals surface area contributed by atoms with Gasteiger partial charge in [-0.15, -0.1) is 0 Å². The molecule has 0 radical (unpaired) electrons. The van der Waals surface area contributed by atoms with Crippen LogP contribution in [0.15, 0.2) is 23.0 Å². The smallest absolute Gasteiger partial charge is 0.252 e. The molecular weight excluding hydrogens is 290 g/mol. The Kier molecular flexibility index (Phi) is 4.90. The molecule has 1 heterocycles. The Labute approximate surface area is 136 Å². The number of pyridine rings is 1. The summed E-state index contributed by atoms with van der Waals surface area (Å²) in [6.45, 7) is 6.32. The summed E-state index contributed by atoms with van der Waals surface area (Å²) in [7, 11) is 5.33. The maximum Gasteiger partial charge on any atom is 0.252 e. The number of hydrogen-bond acceptors (Lipinski definition) is 3. The molecule has 0 saturated carbocycles. The minimum atomic E-state index is -0.278. The van der Waals surface area contributed by atoms with E-state index in [1.54, 1.807) is 19.0 Å². The highest BCUT2D eigenvalue weighted by Gasteiger charge is 2.20. The van der Waals surface area contributed by atoms with Crippen LogP contribution >= 0.6 is 0 Å². The van der Waals surface area contributed by atoms with Crippen molar-refractivity contribution in [3.63, 3.8) is 0 Å². The van der Waals surface area contributed by atoms with E-state index in [0.717, 1.165) is 22.0 Å². The summed E-state index contributed by atoms with van der Waals surface area (Å²) in [5, 5.41) is 1.03. The number of rotatable bonds is 4. The van der Waals surface area contributed by atoms with E-state index in [4.69, 9.17) is 0 Å². The van der Waals surface area contributed by atoms with E-state index in [9.17, 15) is 9.59 Å². The van der Waals surface area contributed by atoms with E-state index in [-0.39, 0.29) is 17.5 Å². The minimum Gasteiger partial charge on any atom is -0.347 e. The van der Waals surface area contributed by atoms with Crippen LogP contribution in [0.1, 0.15) is 23.6 Å². The number of fused-ring (bicyclic) bond motifs is 1. The largest absolute Gasteiger partial charge is 0.347 e. The summed E-state index contributed by atoms with van der Waals surface area (Å²) < 4.78 is 0. The van der Waals surface area contributed by atoms with Crippen molar-refractivity contribution >= 4 is 16.8 Å². The molecule has 23 heavy (non-hydrogen) atoms. The van der Waals surface area contributed by atoms with Gasteiger partial charge in [0.05, 0.1) is 11.6 Å². The summed E-state index contributed by atoms with van der Waals surface area (Å²) >= 11 is 0. The van der Waals surface area contributed by atoms with E-state index in [1.807, 2.05) is 38.8 Å². The zero-order valence-electron chi connectivity index (χ0n) is 14.7. The van der Waals surface area contributed by atoms with Crippen LogP contribution in [0.3, 0.4) is 0 Å². The summed E-state index contributed by atoms with van der Waals surface area (Å²) in [5.74, 6) is 0.0245. The molecule has 0 saturated heterocycles. The molecule has 0 spiro atoms. The number of H-pyrrole nitrogens is 1. The van der Waals surface area contributed by atoms with Crippen LogP contribution in [-0.2, 0) is 11.3 Å². The Morgan fingerprint density at radius 3 is 2.43 bits per heavy atom. The van der Waals surface area contributed by atoms with Gasteiger partial charge >= 0.3 is 0 Å². The second kappa shape index (κ2) is 6.54. The van der Waals surface area contributed by atoms with Gasteiger partial charge in [-0.3, -0.25) is 14.5 Å². The number of amides is 1. The lowest BCUT2D eigenvalue weighted by Crippen LogP contribution is -2.42. The molecule has 1 amide bonds. The van der Waals surface area contributed by atoms with Crippen LogP contribution in [0.5, 0.6) is 0 Å². The molecule has 5 heteroatoms. The maximum absolute atomic E-state index is 12.4. The number of aromatic amines is 1. The zero-order valence-corrected chi connectivity index (χ0v) is 14.7. The lowest BCUT2D eigenvalue weighted by atomic mass is 10.0. The number of hydrogen-bond donors (Lipinski definition) is 1. The highest BCUT2D eigenvalue weighted by atomic mass is 16.2. The Bertz CT molecular complexity index is 793. The van der Waals surface area contributed by atoms with Crippen molar-refractivity contribution in [2.75, 3.05) is 21.1 Å². The van der Waals surface area contributed by atoms with Crippen molar-refractivity contribution < 1.29 is 4.79 Å².